The van der Waals surface area contributed by atoms with Gasteiger partial charge in [0.25, 0.3) is 0 Å². The molecular weight excluding hydrogens is 350 g/mol. The van der Waals surface area contributed by atoms with Crippen molar-refractivity contribution >= 4 is 40.5 Å². The fourth-order valence-electron chi connectivity index (χ4n) is 2.97. The summed E-state index contributed by atoms with van der Waals surface area (Å²) in [5, 5.41) is 6.67. The Morgan fingerprint density at radius 3 is 2.77 bits per heavy atom. The highest BCUT2D eigenvalue weighted by atomic mass is 35.5. The molecule has 1 heterocycles. The summed E-state index contributed by atoms with van der Waals surface area (Å²) in [6, 6.07) is 12.5. The molecule has 0 aromatic heterocycles. The van der Waals surface area contributed by atoms with Gasteiger partial charge in [-0.05, 0) is 56.2 Å². The second-order valence-corrected chi connectivity index (χ2v) is 6.95. The largest absolute Gasteiger partial charge is 0.374 e. The molecule has 1 aliphatic rings. The Hall–Kier alpha value is -2.53. The van der Waals surface area contributed by atoms with Crippen LogP contribution >= 0.6 is 11.6 Å². The van der Waals surface area contributed by atoms with Crippen LogP contribution in [0.2, 0.25) is 5.02 Å². The van der Waals surface area contributed by atoms with Gasteiger partial charge in [-0.2, -0.15) is 0 Å². The first-order valence-corrected chi connectivity index (χ1v) is 9.06. The molecule has 1 aliphatic heterocycles. The van der Waals surface area contributed by atoms with E-state index in [1.165, 1.54) is 0 Å². The number of carbonyl (C=O) groups excluding carboxylic acids is 2. The summed E-state index contributed by atoms with van der Waals surface area (Å²) in [4.78, 5) is 26.2. The summed E-state index contributed by atoms with van der Waals surface area (Å²) in [7, 11) is 0. The maximum absolute atomic E-state index is 12.5. The fraction of sp³-hybridized carbons (Fsp3) is 0.300. The molecule has 0 saturated carbocycles. The smallest absolute Gasteiger partial charge is 0.246 e. The summed E-state index contributed by atoms with van der Waals surface area (Å²) in [5.41, 5.74) is 3.31. The summed E-state index contributed by atoms with van der Waals surface area (Å²) in [6.07, 6.45) is 1.48. The number of aryl methyl sites for hydroxylation is 1. The van der Waals surface area contributed by atoms with Gasteiger partial charge in [-0.25, -0.2) is 0 Å². The van der Waals surface area contributed by atoms with E-state index in [0.717, 1.165) is 29.9 Å². The van der Waals surface area contributed by atoms with Crippen molar-refractivity contribution in [2.75, 3.05) is 22.1 Å². The first-order chi connectivity index (χ1) is 12.4. The van der Waals surface area contributed by atoms with E-state index in [4.69, 9.17) is 11.6 Å². The molecule has 5 nitrogen and oxygen atoms in total. The van der Waals surface area contributed by atoms with Crippen LogP contribution in [-0.2, 0) is 9.59 Å². The minimum absolute atomic E-state index is 0.143. The standard InChI is InChI=1S/C20H22ClN3O2/c1-13-8-9-15(21)11-18(13)23-20(26)14(2)22-16-5-3-6-17(12-16)24-10-4-7-19(24)25/h3,5-6,8-9,11-12,14,22H,4,7,10H2,1-2H3,(H,23,26). The van der Waals surface area contributed by atoms with Crippen LogP contribution in [0, 0.1) is 6.92 Å². The molecule has 0 spiro atoms. The molecule has 1 saturated heterocycles. The highest BCUT2D eigenvalue weighted by Gasteiger charge is 2.22. The Kier molecular flexibility index (Phi) is 5.47. The van der Waals surface area contributed by atoms with Crippen molar-refractivity contribution in [3.05, 3.63) is 53.1 Å². The van der Waals surface area contributed by atoms with Crippen LogP contribution in [0.1, 0.15) is 25.3 Å². The van der Waals surface area contributed by atoms with Crippen molar-refractivity contribution < 1.29 is 9.59 Å². The average Bonchev–Trinajstić information content (AvgIpc) is 3.04. The van der Waals surface area contributed by atoms with Crippen LogP contribution in [0.15, 0.2) is 42.5 Å². The SMILES string of the molecule is Cc1ccc(Cl)cc1NC(=O)C(C)Nc1cccc(N2CCCC2=O)c1. The van der Waals surface area contributed by atoms with E-state index in [0.29, 0.717) is 17.1 Å². The van der Waals surface area contributed by atoms with Crippen LogP contribution in [0.25, 0.3) is 0 Å². The Balaban J connectivity index is 1.67. The van der Waals surface area contributed by atoms with Crippen LogP contribution in [-0.4, -0.2) is 24.4 Å². The highest BCUT2D eigenvalue weighted by Crippen LogP contribution is 2.25. The number of amides is 2. The predicted octanol–water partition coefficient (Wildman–Crippen LogP) is 4.21. The van der Waals surface area contributed by atoms with E-state index >= 15 is 0 Å². The molecule has 0 bridgehead atoms. The molecule has 0 aliphatic carbocycles. The minimum Gasteiger partial charge on any atom is -0.374 e. The number of hydrogen-bond acceptors (Lipinski definition) is 3. The Morgan fingerprint density at radius 1 is 1.23 bits per heavy atom. The normalized spacial score (nSPS) is 15.0. The molecule has 1 fully saturated rings. The van der Waals surface area contributed by atoms with Gasteiger partial charge in [-0.15, -0.1) is 0 Å². The second kappa shape index (κ2) is 7.79. The van der Waals surface area contributed by atoms with Gasteiger partial charge in [0.05, 0.1) is 0 Å². The lowest BCUT2D eigenvalue weighted by atomic mass is 10.2. The third-order valence-corrected chi connectivity index (χ3v) is 4.70. The molecule has 3 rings (SSSR count). The van der Waals surface area contributed by atoms with Gasteiger partial charge in [-0.3, -0.25) is 9.59 Å². The van der Waals surface area contributed by atoms with E-state index in [1.54, 1.807) is 24.0 Å². The number of hydrogen-bond donors (Lipinski definition) is 2. The lowest BCUT2D eigenvalue weighted by Gasteiger charge is -2.19. The number of nitrogens with zero attached hydrogens (tertiary/aromatic N) is 1. The van der Waals surface area contributed by atoms with Gasteiger partial charge < -0.3 is 15.5 Å². The van der Waals surface area contributed by atoms with Crippen molar-refractivity contribution in [1.82, 2.24) is 0 Å². The van der Waals surface area contributed by atoms with Crippen molar-refractivity contribution in [1.29, 1.82) is 0 Å². The molecule has 2 amide bonds. The van der Waals surface area contributed by atoms with Crippen molar-refractivity contribution in [3.8, 4) is 0 Å². The fourth-order valence-corrected chi connectivity index (χ4v) is 3.14. The van der Waals surface area contributed by atoms with Crippen LogP contribution < -0.4 is 15.5 Å². The Morgan fingerprint density at radius 2 is 2.04 bits per heavy atom. The molecule has 0 radical (unpaired) electrons. The number of halogens is 1. The summed E-state index contributed by atoms with van der Waals surface area (Å²) in [6.45, 7) is 4.45. The van der Waals surface area contributed by atoms with E-state index in [-0.39, 0.29) is 11.8 Å². The summed E-state index contributed by atoms with van der Waals surface area (Å²) >= 11 is 6.00. The third-order valence-electron chi connectivity index (χ3n) is 4.47. The first-order valence-electron chi connectivity index (χ1n) is 8.68. The zero-order valence-electron chi connectivity index (χ0n) is 14.9. The van der Waals surface area contributed by atoms with Gasteiger partial charge in [0.1, 0.15) is 6.04 Å². The molecule has 136 valence electrons. The Bertz CT molecular complexity index is 838. The van der Waals surface area contributed by atoms with Gasteiger partial charge in [0.2, 0.25) is 11.8 Å². The summed E-state index contributed by atoms with van der Waals surface area (Å²) < 4.78 is 0. The predicted molar refractivity (Wildman–Crippen MR) is 106 cm³/mol. The minimum atomic E-state index is -0.446. The molecule has 26 heavy (non-hydrogen) atoms. The van der Waals surface area contributed by atoms with Crippen molar-refractivity contribution in [2.45, 2.75) is 32.7 Å². The quantitative estimate of drug-likeness (QED) is 0.827. The monoisotopic (exact) mass is 371 g/mol. The molecule has 2 aromatic rings. The van der Waals surface area contributed by atoms with Gasteiger partial charge >= 0.3 is 0 Å². The molecule has 2 aromatic carbocycles. The number of carbonyl (C=O) groups is 2. The lowest BCUT2D eigenvalue weighted by Crippen LogP contribution is -2.32. The van der Waals surface area contributed by atoms with Crippen molar-refractivity contribution in [2.24, 2.45) is 0 Å². The third kappa shape index (κ3) is 4.17. The maximum Gasteiger partial charge on any atom is 0.246 e. The highest BCUT2D eigenvalue weighted by molar-refractivity contribution is 6.31. The topological polar surface area (TPSA) is 61.4 Å². The lowest BCUT2D eigenvalue weighted by molar-refractivity contribution is -0.117. The average molecular weight is 372 g/mol. The zero-order chi connectivity index (χ0) is 18.7. The molecule has 1 unspecified atom stereocenters. The zero-order valence-corrected chi connectivity index (χ0v) is 15.6. The number of anilines is 3. The summed E-state index contributed by atoms with van der Waals surface area (Å²) in [5.74, 6) is -0.0117. The number of rotatable bonds is 5. The van der Waals surface area contributed by atoms with E-state index in [2.05, 4.69) is 10.6 Å². The number of benzene rings is 2. The van der Waals surface area contributed by atoms with Crippen LogP contribution in [0.4, 0.5) is 17.1 Å². The van der Waals surface area contributed by atoms with Crippen molar-refractivity contribution in [3.63, 3.8) is 0 Å². The van der Waals surface area contributed by atoms with Crippen LogP contribution in [0.5, 0.6) is 0 Å². The molecular formula is C20H22ClN3O2. The van der Waals surface area contributed by atoms with Gasteiger partial charge in [-0.1, -0.05) is 23.7 Å². The number of nitrogens with one attached hydrogen (secondary N) is 2. The van der Waals surface area contributed by atoms with E-state index in [9.17, 15) is 9.59 Å². The molecule has 2 N–H and O–H groups in total. The van der Waals surface area contributed by atoms with E-state index in [1.807, 2.05) is 37.3 Å². The second-order valence-electron chi connectivity index (χ2n) is 6.51. The van der Waals surface area contributed by atoms with E-state index < -0.39 is 6.04 Å². The maximum atomic E-state index is 12.5. The van der Waals surface area contributed by atoms with Crippen LogP contribution in [0.3, 0.4) is 0 Å². The van der Waals surface area contributed by atoms with Gasteiger partial charge in [0, 0.05) is 35.1 Å². The first kappa shape index (κ1) is 18.3. The Labute approximate surface area is 158 Å². The molecule has 6 heteroatoms. The molecule has 1 atom stereocenters. The van der Waals surface area contributed by atoms with Gasteiger partial charge in [0.15, 0.2) is 0 Å².